The maximum atomic E-state index is 12.5. The molecule has 1 heterocycles. The zero-order valence-electron chi connectivity index (χ0n) is 13.6. The molecule has 5 nitrogen and oxygen atoms in total. The Hall–Kier alpha value is -2.21. The van der Waals surface area contributed by atoms with Crippen LogP contribution in [0.1, 0.15) is 28.8 Å². The Bertz CT molecular complexity index is 690. The van der Waals surface area contributed by atoms with Crippen LogP contribution in [0.5, 0.6) is 0 Å². The summed E-state index contributed by atoms with van der Waals surface area (Å²) in [5.74, 6) is -0.0318. The topological polar surface area (TPSA) is 78.6 Å². The van der Waals surface area contributed by atoms with E-state index in [1.807, 2.05) is 59.5 Å². The number of β-amino-alcohol motifs (C(OH)–C–C–N with tert-alkyl or cyclic N) is 1. The van der Waals surface area contributed by atoms with Crippen molar-refractivity contribution in [1.82, 2.24) is 10.2 Å². The highest BCUT2D eigenvalue weighted by Crippen LogP contribution is 2.26. The fourth-order valence-corrected chi connectivity index (χ4v) is 3.17. The number of hydrogen-bond acceptors (Lipinski definition) is 4. The molecule has 0 spiro atoms. The summed E-state index contributed by atoms with van der Waals surface area (Å²) in [4.78, 5) is 14.5. The summed E-state index contributed by atoms with van der Waals surface area (Å²) in [6.07, 6.45) is -0.628. The second-order valence-electron chi connectivity index (χ2n) is 6.06. The van der Waals surface area contributed by atoms with Gasteiger partial charge in [0.2, 0.25) is 5.91 Å². The number of nitrogens with one attached hydrogen (secondary N) is 1. The van der Waals surface area contributed by atoms with Crippen molar-refractivity contribution in [2.75, 3.05) is 19.6 Å². The zero-order chi connectivity index (χ0) is 16.9. The van der Waals surface area contributed by atoms with Gasteiger partial charge in [-0.05, 0) is 16.7 Å². The van der Waals surface area contributed by atoms with Gasteiger partial charge in [-0.2, -0.15) is 0 Å². The predicted molar refractivity (Wildman–Crippen MR) is 93.1 cm³/mol. The van der Waals surface area contributed by atoms with Crippen LogP contribution in [0.4, 0.5) is 0 Å². The van der Waals surface area contributed by atoms with Gasteiger partial charge in [-0.1, -0.05) is 54.6 Å². The lowest BCUT2D eigenvalue weighted by atomic mass is 9.99. The van der Waals surface area contributed by atoms with Gasteiger partial charge in [0.25, 0.3) is 0 Å². The van der Waals surface area contributed by atoms with Crippen LogP contribution in [0.15, 0.2) is 54.6 Å². The van der Waals surface area contributed by atoms with E-state index in [0.29, 0.717) is 26.2 Å². The van der Waals surface area contributed by atoms with Crippen LogP contribution in [0.3, 0.4) is 0 Å². The van der Waals surface area contributed by atoms with Crippen LogP contribution in [-0.2, 0) is 11.3 Å². The van der Waals surface area contributed by atoms with Gasteiger partial charge in [0.1, 0.15) is 6.04 Å². The number of aliphatic hydroxyl groups excluding tert-OH is 1. The third kappa shape index (κ3) is 3.64. The van der Waals surface area contributed by atoms with Crippen molar-refractivity contribution >= 4 is 5.91 Å². The van der Waals surface area contributed by atoms with Crippen molar-refractivity contribution in [2.45, 2.75) is 18.7 Å². The average Bonchev–Trinajstić information content (AvgIpc) is 2.62. The number of nitrogens with zero attached hydrogens (tertiary/aromatic N) is 1. The maximum Gasteiger partial charge on any atom is 0.242 e. The number of amides is 1. The average molecular weight is 325 g/mol. The Labute approximate surface area is 142 Å². The first-order valence-electron chi connectivity index (χ1n) is 8.22. The Morgan fingerprint density at radius 2 is 2.00 bits per heavy atom. The molecule has 1 amide bonds. The summed E-state index contributed by atoms with van der Waals surface area (Å²) >= 11 is 0. The SMILES string of the molecule is NCc1cccc(C2C(=O)NCCN2CC(O)c2ccccc2)c1. The summed E-state index contributed by atoms with van der Waals surface area (Å²) in [5.41, 5.74) is 8.49. The van der Waals surface area contributed by atoms with E-state index in [1.54, 1.807) is 0 Å². The number of piperazine rings is 1. The molecule has 1 aliphatic rings. The van der Waals surface area contributed by atoms with Crippen molar-refractivity contribution in [1.29, 1.82) is 0 Å². The highest BCUT2D eigenvalue weighted by Gasteiger charge is 2.32. The molecule has 5 heteroatoms. The summed E-state index contributed by atoms with van der Waals surface area (Å²) in [6, 6.07) is 16.9. The van der Waals surface area contributed by atoms with Crippen LogP contribution in [-0.4, -0.2) is 35.5 Å². The fourth-order valence-electron chi connectivity index (χ4n) is 3.17. The van der Waals surface area contributed by atoms with Crippen LogP contribution in [0.25, 0.3) is 0 Å². The van der Waals surface area contributed by atoms with Gasteiger partial charge in [-0.25, -0.2) is 0 Å². The Morgan fingerprint density at radius 3 is 2.75 bits per heavy atom. The van der Waals surface area contributed by atoms with Crippen LogP contribution >= 0.6 is 0 Å². The van der Waals surface area contributed by atoms with Crippen molar-refractivity contribution in [3.05, 3.63) is 71.3 Å². The quantitative estimate of drug-likeness (QED) is 0.775. The second kappa shape index (κ2) is 7.57. The number of hydrogen-bond donors (Lipinski definition) is 3. The Kier molecular flexibility index (Phi) is 5.25. The monoisotopic (exact) mass is 325 g/mol. The molecule has 3 rings (SSSR count). The van der Waals surface area contributed by atoms with Gasteiger partial charge < -0.3 is 16.2 Å². The molecule has 24 heavy (non-hydrogen) atoms. The van der Waals surface area contributed by atoms with E-state index >= 15 is 0 Å². The minimum atomic E-state index is -0.628. The first-order valence-corrected chi connectivity index (χ1v) is 8.22. The smallest absolute Gasteiger partial charge is 0.242 e. The maximum absolute atomic E-state index is 12.5. The lowest BCUT2D eigenvalue weighted by Crippen LogP contribution is -2.51. The number of nitrogens with two attached hydrogens (primary N) is 1. The van der Waals surface area contributed by atoms with Crippen LogP contribution in [0, 0.1) is 0 Å². The molecule has 4 N–H and O–H groups in total. The third-order valence-corrected chi connectivity index (χ3v) is 4.41. The molecule has 0 aromatic heterocycles. The van der Waals surface area contributed by atoms with Crippen molar-refractivity contribution in [2.24, 2.45) is 5.73 Å². The first kappa shape index (κ1) is 16.6. The van der Waals surface area contributed by atoms with E-state index in [2.05, 4.69) is 5.32 Å². The minimum absolute atomic E-state index is 0.0318. The zero-order valence-corrected chi connectivity index (χ0v) is 13.6. The fraction of sp³-hybridized carbons (Fsp3) is 0.316. The largest absolute Gasteiger partial charge is 0.387 e. The van der Waals surface area contributed by atoms with Crippen molar-refractivity contribution in [3.63, 3.8) is 0 Å². The van der Waals surface area contributed by atoms with E-state index in [9.17, 15) is 9.90 Å². The molecule has 1 aliphatic heterocycles. The molecule has 1 saturated heterocycles. The molecule has 2 aromatic carbocycles. The molecule has 0 aliphatic carbocycles. The summed E-state index contributed by atoms with van der Waals surface area (Å²) in [7, 11) is 0. The molecule has 126 valence electrons. The number of aliphatic hydroxyl groups is 1. The van der Waals surface area contributed by atoms with Crippen molar-refractivity contribution < 1.29 is 9.90 Å². The van der Waals surface area contributed by atoms with Crippen LogP contribution in [0.2, 0.25) is 0 Å². The lowest BCUT2D eigenvalue weighted by molar-refractivity contribution is -0.130. The molecule has 1 fully saturated rings. The molecule has 2 unspecified atom stereocenters. The number of carbonyl (C=O) groups is 1. The first-order chi connectivity index (χ1) is 11.7. The second-order valence-corrected chi connectivity index (χ2v) is 6.06. The van der Waals surface area contributed by atoms with E-state index in [-0.39, 0.29) is 5.91 Å². The van der Waals surface area contributed by atoms with E-state index in [1.165, 1.54) is 0 Å². The standard InChI is InChI=1S/C19H23N3O2/c20-12-14-5-4-8-16(11-14)18-19(24)21-9-10-22(18)13-17(23)15-6-2-1-3-7-15/h1-8,11,17-18,23H,9-10,12-13,20H2,(H,21,24). The van der Waals surface area contributed by atoms with E-state index in [0.717, 1.165) is 16.7 Å². The van der Waals surface area contributed by atoms with Gasteiger partial charge >= 0.3 is 0 Å². The van der Waals surface area contributed by atoms with Gasteiger partial charge in [-0.3, -0.25) is 9.69 Å². The minimum Gasteiger partial charge on any atom is -0.387 e. The van der Waals surface area contributed by atoms with Gasteiger partial charge in [0.15, 0.2) is 0 Å². The summed E-state index contributed by atoms with van der Waals surface area (Å²) in [5, 5.41) is 13.4. The Morgan fingerprint density at radius 1 is 1.21 bits per heavy atom. The summed E-state index contributed by atoms with van der Waals surface area (Å²) in [6.45, 7) is 2.14. The van der Waals surface area contributed by atoms with Gasteiger partial charge in [0.05, 0.1) is 6.10 Å². The lowest BCUT2D eigenvalue weighted by Gasteiger charge is -2.36. The molecular formula is C19H23N3O2. The van der Waals surface area contributed by atoms with Gasteiger partial charge in [-0.15, -0.1) is 0 Å². The number of carbonyl (C=O) groups excluding carboxylic acids is 1. The normalized spacial score (nSPS) is 19.8. The highest BCUT2D eigenvalue weighted by molar-refractivity contribution is 5.84. The van der Waals surface area contributed by atoms with E-state index < -0.39 is 12.1 Å². The molecular weight excluding hydrogens is 302 g/mol. The molecule has 0 radical (unpaired) electrons. The summed E-state index contributed by atoms with van der Waals surface area (Å²) < 4.78 is 0. The molecule has 0 bridgehead atoms. The highest BCUT2D eigenvalue weighted by atomic mass is 16.3. The molecule has 2 aromatic rings. The predicted octanol–water partition coefficient (Wildman–Crippen LogP) is 1.35. The van der Waals surface area contributed by atoms with Gasteiger partial charge in [0, 0.05) is 26.2 Å². The number of rotatable bonds is 5. The number of benzene rings is 2. The molecule has 0 saturated carbocycles. The van der Waals surface area contributed by atoms with Crippen molar-refractivity contribution in [3.8, 4) is 0 Å². The Balaban J connectivity index is 1.83. The van der Waals surface area contributed by atoms with Crippen LogP contribution < -0.4 is 11.1 Å². The van der Waals surface area contributed by atoms with E-state index in [4.69, 9.17) is 5.73 Å². The third-order valence-electron chi connectivity index (χ3n) is 4.41. The molecule has 2 atom stereocenters.